The standard InChI is InChI=1S/C15H24N2/c1-6-13-8-14(13)17-12(5)15-9(2)7-10(3)16-11(15)4/h7,12-14,17H,6,8H2,1-5H3. The minimum absolute atomic E-state index is 0.421. The first-order valence-corrected chi connectivity index (χ1v) is 6.73. The van der Waals surface area contributed by atoms with Crippen molar-refractivity contribution in [3.05, 3.63) is 28.6 Å². The first-order valence-electron chi connectivity index (χ1n) is 6.73. The van der Waals surface area contributed by atoms with E-state index in [9.17, 15) is 0 Å². The van der Waals surface area contributed by atoms with Crippen molar-refractivity contribution in [3.8, 4) is 0 Å². The maximum atomic E-state index is 4.58. The van der Waals surface area contributed by atoms with Crippen LogP contribution < -0.4 is 5.32 Å². The summed E-state index contributed by atoms with van der Waals surface area (Å²) in [6, 6.07) is 3.34. The lowest BCUT2D eigenvalue weighted by molar-refractivity contribution is 0.533. The maximum Gasteiger partial charge on any atom is 0.0426 e. The second kappa shape index (κ2) is 4.77. The van der Waals surface area contributed by atoms with Gasteiger partial charge in [0.2, 0.25) is 0 Å². The molecule has 94 valence electrons. The summed E-state index contributed by atoms with van der Waals surface area (Å²) in [7, 11) is 0. The molecule has 0 radical (unpaired) electrons. The van der Waals surface area contributed by atoms with Gasteiger partial charge in [-0.2, -0.15) is 0 Å². The van der Waals surface area contributed by atoms with E-state index in [4.69, 9.17) is 0 Å². The number of aryl methyl sites for hydroxylation is 3. The van der Waals surface area contributed by atoms with Crippen LogP contribution in [0.4, 0.5) is 0 Å². The Labute approximate surface area is 105 Å². The fourth-order valence-corrected chi connectivity index (χ4v) is 3.00. The molecule has 2 nitrogen and oxygen atoms in total. The van der Waals surface area contributed by atoms with Gasteiger partial charge in [0.15, 0.2) is 0 Å². The first kappa shape index (κ1) is 12.6. The van der Waals surface area contributed by atoms with E-state index >= 15 is 0 Å². The Hall–Kier alpha value is -0.890. The van der Waals surface area contributed by atoms with Gasteiger partial charge in [-0.1, -0.05) is 13.3 Å². The molecule has 0 spiro atoms. The molecule has 1 aromatic rings. The van der Waals surface area contributed by atoms with Crippen LogP contribution in [0.5, 0.6) is 0 Å². The topological polar surface area (TPSA) is 24.9 Å². The molecular weight excluding hydrogens is 208 g/mol. The smallest absolute Gasteiger partial charge is 0.0426 e. The number of hydrogen-bond acceptors (Lipinski definition) is 2. The van der Waals surface area contributed by atoms with Crippen LogP contribution in [-0.2, 0) is 0 Å². The summed E-state index contributed by atoms with van der Waals surface area (Å²) in [6.07, 6.45) is 2.65. The predicted molar refractivity (Wildman–Crippen MR) is 72.2 cm³/mol. The predicted octanol–water partition coefficient (Wildman–Crippen LogP) is 3.46. The summed E-state index contributed by atoms with van der Waals surface area (Å²) < 4.78 is 0. The van der Waals surface area contributed by atoms with E-state index in [0.717, 1.165) is 17.7 Å². The van der Waals surface area contributed by atoms with Crippen LogP contribution in [0.3, 0.4) is 0 Å². The molecule has 1 saturated carbocycles. The molecule has 2 heteroatoms. The minimum atomic E-state index is 0.421. The van der Waals surface area contributed by atoms with Crippen LogP contribution in [0.25, 0.3) is 0 Å². The molecule has 0 amide bonds. The van der Waals surface area contributed by atoms with Crippen LogP contribution in [-0.4, -0.2) is 11.0 Å². The average Bonchev–Trinajstić information content (AvgIpc) is 2.94. The molecule has 1 fully saturated rings. The SMILES string of the molecule is CCC1CC1NC(C)c1c(C)cc(C)nc1C. The van der Waals surface area contributed by atoms with Crippen LogP contribution in [0.15, 0.2) is 6.07 Å². The van der Waals surface area contributed by atoms with Gasteiger partial charge >= 0.3 is 0 Å². The Morgan fingerprint density at radius 1 is 1.41 bits per heavy atom. The second-order valence-corrected chi connectivity index (χ2v) is 5.48. The summed E-state index contributed by atoms with van der Waals surface area (Å²) in [5, 5.41) is 3.73. The average molecular weight is 232 g/mol. The lowest BCUT2D eigenvalue weighted by atomic mass is 10.0. The summed E-state index contributed by atoms with van der Waals surface area (Å²) in [5.74, 6) is 0.900. The summed E-state index contributed by atoms with van der Waals surface area (Å²) >= 11 is 0. The largest absolute Gasteiger partial charge is 0.307 e. The van der Waals surface area contributed by atoms with Crippen LogP contribution >= 0.6 is 0 Å². The van der Waals surface area contributed by atoms with E-state index in [0.29, 0.717) is 6.04 Å². The van der Waals surface area contributed by atoms with Gasteiger partial charge < -0.3 is 5.32 Å². The maximum absolute atomic E-state index is 4.58. The van der Waals surface area contributed by atoms with E-state index in [1.165, 1.54) is 29.7 Å². The molecule has 3 atom stereocenters. The molecule has 1 heterocycles. The van der Waals surface area contributed by atoms with Crippen molar-refractivity contribution in [1.29, 1.82) is 0 Å². The van der Waals surface area contributed by atoms with Crippen LogP contribution in [0.2, 0.25) is 0 Å². The number of pyridine rings is 1. The van der Waals surface area contributed by atoms with Gasteiger partial charge in [0, 0.05) is 23.5 Å². The zero-order valence-electron chi connectivity index (χ0n) is 11.7. The van der Waals surface area contributed by atoms with Crippen molar-refractivity contribution in [3.63, 3.8) is 0 Å². The van der Waals surface area contributed by atoms with Gasteiger partial charge in [-0.3, -0.25) is 4.98 Å². The number of aromatic nitrogens is 1. The molecule has 1 aliphatic rings. The Bertz CT molecular complexity index is 388. The van der Waals surface area contributed by atoms with E-state index in [-0.39, 0.29) is 0 Å². The first-order chi connectivity index (χ1) is 8.02. The second-order valence-electron chi connectivity index (χ2n) is 5.48. The molecule has 3 unspecified atom stereocenters. The number of rotatable bonds is 4. The number of hydrogen-bond donors (Lipinski definition) is 1. The van der Waals surface area contributed by atoms with Gasteiger partial charge in [-0.05, 0) is 57.2 Å². The van der Waals surface area contributed by atoms with Crippen molar-refractivity contribution < 1.29 is 0 Å². The van der Waals surface area contributed by atoms with Gasteiger partial charge in [0.1, 0.15) is 0 Å². The molecule has 0 aromatic carbocycles. The molecule has 0 aliphatic heterocycles. The van der Waals surface area contributed by atoms with Crippen molar-refractivity contribution >= 4 is 0 Å². The third-order valence-electron chi connectivity index (χ3n) is 3.93. The highest BCUT2D eigenvalue weighted by Gasteiger charge is 2.36. The van der Waals surface area contributed by atoms with Gasteiger partial charge in [-0.25, -0.2) is 0 Å². The Morgan fingerprint density at radius 2 is 2.12 bits per heavy atom. The van der Waals surface area contributed by atoms with Gasteiger partial charge in [0.05, 0.1) is 0 Å². The normalized spacial score (nSPS) is 24.8. The molecule has 2 rings (SSSR count). The molecule has 17 heavy (non-hydrogen) atoms. The van der Waals surface area contributed by atoms with E-state index in [1.807, 2.05) is 0 Å². The summed E-state index contributed by atoms with van der Waals surface area (Å²) in [4.78, 5) is 4.58. The highest BCUT2D eigenvalue weighted by atomic mass is 15.0. The number of nitrogens with one attached hydrogen (secondary N) is 1. The monoisotopic (exact) mass is 232 g/mol. The van der Waals surface area contributed by atoms with Crippen LogP contribution in [0, 0.1) is 26.7 Å². The summed E-state index contributed by atoms with van der Waals surface area (Å²) in [5.41, 5.74) is 5.05. The molecule has 1 aliphatic carbocycles. The zero-order chi connectivity index (χ0) is 12.6. The highest BCUT2D eigenvalue weighted by molar-refractivity contribution is 5.33. The van der Waals surface area contributed by atoms with Crippen molar-refractivity contribution in [2.24, 2.45) is 5.92 Å². The lowest BCUT2D eigenvalue weighted by Crippen LogP contribution is -2.24. The molecular formula is C15H24N2. The molecule has 1 aromatic heterocycles. The van der Waals surface area contributed by atoms with Crippen molar-refractivity contribution in [2.45, 2.75) is 59.5 Å². The third-order valence-corrected chi connectivity index (χ3v) is 3.93. The zero-order valence-corrected chi connectivity index (χ0v) is 11.7. The molecule has 0 bridgehead atoms. The van der Waals surface area contributed by atoms with E-state index in [2.05, 4.69) is 51.0 Å². The van der Waals surface area contributed by atoms with Gasteiger partial charge in [0.25, 0.3) is 0 Å². The van der Waals surface area contributed by atoms with Crippen LogP contribution in [0.1, 0.15) is 55.2 Å². The fraction of sp³-hybridized carbons (Fsp3) is 0.667. The third kappa shape index (κ3) is 2.68. The highest BCUT2D eigenvalue weighted by Crippen LogP contribution is 2.35. The minimum Gasteiger partial charge on any atom is -0.307 e. The molecule has 1 N–H and O–H groups in total. The fourth-order valence-electron chi connectivity index (χ4n) is 3.00. The summed E-state index contributed by atoms with van der Waals surface area (Å²) in [6.45, 7) is 10.9. The Kier molecular flexibility index (Phi) is 3.53. The molecule has 0 saturated heterocycles. The van der Waals surface area contributed by atoms with E-state index < -0.39 is 0 Å². The van der Waals surface area contributed by atoms with Crippen molar-refractivity contribution in [2.75, 3.05) is 0 Å². The van der Waals surface area contributed by atoms with Gasteiger partial charge in [-0.15, -0.1) is 0 Å². The Morgan fingerprint density at radius 3 is 2.65 bits per heavy atom. The van der Waals surface area contributed by atoms with E-state index in [1.54, 1.807) is 0 Å². The van der Waals surface area contributed by atoms with Crippen molar-refractivity contribution in [1.82, 2.24) is 10.3 Å². The lowest BCUT2D eigenvalue weighted by Gasteiger charge is -2.19. The quantitative estimate of drug-likeness (QED) is 0.860. The Balaban J connectivity index is 2.11. The number of nitrogens with zero attached hydrogens (tertiary/aromatic N) is 1.